The van der Waals surface area contributed by atoms with Crippen LogP contribution in [0.1, 0.15) is 33.3 Å². The number of aryl methyl sites for hydroxylation is 1. The van der Waals surface area contributed by atoms with Crippen molar-refractivity contribution in [2.24, 2.45) is 5.41 Å². The van der Waals surface area contributed by atoms with E-state index in [1.807, 2.05) is 13.8 Å². The summed E-state index contributed by atoms with van der Waals surface area (Å²) in [4.78, 5) is 13.4. The molecule has 1 saturated heterocycles. The summed E-state index contributed by atoms with van der Waals surface area (Å²) in [6.07, 6.45) is -0.524. The maximum absolute atomic E-state index is 13.6. The van der Waals surface area contributed by atoms with Gasteiger partial charge in [-0.3, -0.25) is 0 Å². The van der Waals surface area contributed by atoms with Crippen LogP contribution >= 0.6 is 0 Å². The largest absolute Gasteiger partial charge is 0.373 e. The molecule has 184 valence electrons. The van der Waals surface area contributed by atoms with Crippen LogP contribution < -0.4 is 0 Å². The summed E-state index contributed by atoms with van der Waals surface area (Å²) < 4.78 is 46.2. The molecule has 2 amide bonds. The SMILES string of the molecule is CCO[C@H]1CO[C@H]2C(=CN(N(C)C)C(=O)N2S(=O)(=O)c2ccc(C)cc2)[C@H]1OCC(C)(C)C. The van der Waals surface area contributed by atoms with Gasteiger partial charge in [0.05, 0.1) is 18.1 Å². The molecule has 0 unspecified atom stereocenters. The summed E-state index contributed by atoms with van der Waals surface area (Å²) in [6, 6.07) is 5.66. The summed E-state index contributed by atoms with van der Waals surface area (Å²) in [7, 11) is -0.873. The van der Waals surface area contributed by atoms with Gasteiger partial charge in [-0.1, -0.05) is 38.5 Å². The van der Waals surface area contributed by atoms with Gasteiger partial charge in [0.25, 0.3) is 10.0 Å². The number of fused-ring (bicyclic) bond motifs is 1. The lowest BCUT2D eigenvalue weighted by molar-refractivity contribution is -0.157. The minimum absolute atomic E-state index is 0.0177. The second-order valence-corrected chi connectivity index (χ2v) is 11.5. The fraction of sp³-hybridized carbons (Fsp3) is 0.609. The molecule has 0 spiro atoms. The first-order valence-electron chi connectivity index (χ1n) is 11.0. The van der Waals surface area contributed by atoms with Crippen LogP contribution in [-0.2, 0) is 24.2 Å². The second kappa shape index (κ2) is 9.71. The molecule has 2 aliphatic rings. The first kappa shape index (κ1) is 25.6. The Hall–Kier alpha value is -1.98. The van der Waals surface area contributed by atoms with E-state index >= 15 is 0 Å². The van der Waals surface area contributed by atoms with Crippen molar-refractivity contribution in [2.75, 3.05) is 33.9 Å². The normalized spacial score (nSPS) is 24.2. The average molecular weight is 482 g/mol. The third kappa shape index (κ3) is 5.41. The van der Waals surface area contributed by atoms with Crippen molar-refractivity contribution < 1.29 is 27.4 Å². The molecular formula is C23H35N3O6S. The predicted molar refractivity (Wildman–Crippen MR) is 124 cm³/mol. The molecule has 0 bridgehead atoms. The Morgan fingerprint density at radius 3 is 2.33 bits per heavy atom. The molecule has 0 N–H and O–H groups in total. The highest BCUT2D eigenvalue weighted by molar-refractivity contribution is 7.89. The fourth-order valence-corrected chi connectivity index (χ4v) is 5.13. The number of rotatable bonds is 7. The number of hydrogen-bond donors (Lipinski definition) is 0. The van der Waals surface area contributed by atoms with Crippen LogP contribution in [-0.4, -0.2) is 81.1 Å². The molecule has 0 aliphatic carbocycles. The summed E-state index contributed by atoms with van der Waals surface area (Å²) >= 11 is 0. The van der Waals surface area contributed by atoms with Gasteiger partial charge in [-0.05, 0) is 31.4 Å². The summed E-state index contributed by atoms with van der Waals surface area (Å²) in [5, 5.41) is 2.77. The highest BCUT2D eigenvalue weighted by Gasteiger charge is 2.51. The first-order valence-corrected chi connectivity index (χ1v) is 12.5. The lowest BCUT2D eigenvalue weighted by Crippen LogP contribution is -2.62. The van der Waals surface area contributed by atoms with Gasteiger partial charge in [-0.25, -0.2) is 23.2 Å². The lowest BCUT2D eigenvalue weighted by atomic mass is 9.96. The predicted octanol–water partition coefficient (Wildman–Crippen LogP) is 2.97. The van der Waals surface area contributed by atoms with Gasteiger partial charge in [0.2, 0.25) is 0 Å². The molecule has 1 aromatic carbocycles. The van der Waals surface area contributed by atoms with Crippen molar-refractivity contribution in [2.45, 2.75) is 58.0 Å². The van der Waals surface area contributed by atoms with Gasteiger partial charge < -0.3 is 14.2 Å². The van der Waals surface area contributed by atoms with E-state index in [1.165, 1.54) is 22.2 Å². The number of sulfonamides is 1. The Balaban J connectivity index is 2.08. The molecule has 9 nitrogen and oxygen atoms in total. The number of carbonyl (C=O) groups excluding carboxylic acids is 1. The van der Waals surface area contributed by atoms with E-state index in [0.717, 1.165) is 9.87 Å². The van der Waals surface area contributed by atoms with E-state index in [9.17, 15) is 13.2 Å². The number of amides is 2. The number of nitrogens with zero attached hydrogens (tertiary/aromatic N) is 3. The van der Waals surface area contributed by atoms with Crippen molar-refractivity contribution in [1.82, 2.24) is 14.3 Å². The van der Waals surface area contributed by atoms with Crippen LogP contribution in [0.25, 0.3) is 0 Å². The van der Waals surface area contributed by atoms with Crippen molar-refractivity contribution >= 4 is 16.1 Å². The van der Waals surface area contributed by atoms with Crippen LogP contribution in [0.5, 0.6) is 0 Å². The van der Waals surface area contributed by atoms with Crippen LogP contribution in [0.15, 0.2) is 40.9 Å². The van der Waals surface area contributed by atoms with Crippen molar-refractivity contribution in [3.05, 3.63) is 41.6 Å². The highest BCUT2D eigenvalue weighted by Crippen LogP contribution is 2.36. The zero-order valence-corrected chi connectivity index (χ0v) is 21.3. The summed E-state index contributed by atoms with van der Waals surface area (Å²) in [6.45, 7) is 10.9. The number of benzene rings is 1. The molecular weight excluding hydrogens is 446 g/mol. The monoisotopic (exact) mass is 481 g/mol. The third-order valence-electron chi connectivity index (χ3n) is 5.32. The van der Waals surface area contributed by atoms with Gasteiger partial charge in [0.15, 0.2) is 6.23 Å². The second-order valence-electron chi connectivity index (χ2n) is 9.69. The number of carbonyl (C=O) groups is 1. The van der Waals surface area contributed by atoms with Crippen LogP contribution in [0, 0.1) is 12.3 Å². The molecule has 1 fully saturated rings. The van der Waals surface area contributed by atoms with Crippen LogP contribution in [0.3, 0.4) is 0 Å². The van der Waals surface area contributed by atoms with Crippen molar-refractivity contribution in [3.63, 3.8) is 0 Å². The van der Waals surface area contributed by atoms with E-state index in [1.54, 1.807) is 32.4 Å². The van der Waals surface area contributed by atoms with Crippen LogP contribution in [0.4, 0.5) is 4.79 Å². The smallest absolute Gasteiger partial charge is 0.355 e. The van der Waals surface area contributed by atoms with E-state index < -0.39 is 34.5 Å². The van der Waals surface area contributed by atoms with Gasteiger partial charge in [-0.15, -0.1) is 0 Å². The highest BCUT2D eigenvalue weighted by atomic mass is 32.2. The standard InChI is InChI=1S/C23H35N3O6S/c1-8-30-19-14-31-21-18(20(19)32-15-23(3,4)5)13-25(24(6)7)22(27)26(21)33(28,29)17-11-9-16(2)10-12-17/h9-13,19-21H,8,14-15H2,1-7H3/t19-,20+,21-/m0/s1. The number of urea groups is 1. The minimum atomic E-state index is -4.21. The van der Waals surface area contributed by atoms with E-state index in [0.29, 0.717) is 18.8 Å². The molecule has 10 heteroatoms. The Morgan fingerprint density at radius 2 is 1.79 bits per heavy atom. The molecule has 3 rings (SSSR count). The Morgan fingerprint density at radius 1 is 1.15 bits per heavy atom. The molecule has 1 aromatic rings. The number of hydrogen-bond acceptors (Lipinski definition) is 7. The zero-order chi connectivity index (χ0) is 24.6. The van der Waals surface area contributed by atoms with Crippen LogP contribution in [0.2, 0.25) is 0 Å². The maximum atomic E-state index is 13.6. The number of hydrazine groups is 1. The maximum Gasteiger partial charge on any atom is 0.355 e. The lowest BCUT2D eigenvalue weighted by Gasteiger charge is -2.47. The van der Waals surface area contributed by atoms with E-state index in [-0.39, 0.29) is 16.9 Å². The van der Waals surface area contributed by atoms with Crippen molar-refractivity contribution in [3.8, 4) is 0 Å². The summed E-state index contributed by atoms with van der Waals surface area (Å²) in [5.74, 6) is 0. The Labute approximate surface area is 196 Å². The quantitative estimate of drug-likeness (QED) is 0.592. The molecule has 33 heavy (non-hydrogen) atoms. The van der Waals surface area contributed by atoms with E-state index in [2.05, 4.69) is 20.8 Å². The molecule has 2 heterocycles. The Bertz CT molecular complexity index is 984. The van der Waals surface area contributed by atoms with Gasteiger partial charge >= 0.3 is 6.03 Å². The fourth-order valence-electron chi connectivity index (χ4n) is 3.69. The van der Waals surface area contributed by atoms with Gasteiger partial charge in [-0.2, -0.15) is 4.31 Å². The minimum Gasteiger partial charge on any atom is -0.373 e. The van der Waals surface area contributed by atoms with Crippen molar-refractivity contribution in [1.29, 1.82) is 0 Å². The zero-order valence-electron chi connectivity index (χ0n) is 20.4. The van der Waals surface area contributed by atoms with Gasteiger partial charge in [0, 0.05) is 32.5 Å². The summed E-state index contributed by atoms with van der Waals surface area (Å²) in [5.41, 5.74) is 1.32. The Kier molecular flexibility index (Phi) is 7.55. The number of ether oxygens (including phenoxy) is 3. The third-order valence-corrected chi connectivity index (χ3v) is 7.06. The topological polar surface area (TPSA) is 88.6 Å². The molecule has 2 aliphatic heterocycles. The first-order chi connectivity index (χ1) is 15.4. The molecule has 3 atom stereocenters. The molecule has 0 saturated carbocycles. The average Bonchev–Trinajstić information content (AvgIpc) is 2.71. The molecule has 0 radical (unpaired) electrons. The molecule has 0 aromatic heterocycles. The van der Waals surface area contributed by atoms with Gasteiger partial charge in [0.1, 0.15) is 12.2 Å². The van der Waals surface area contributed by atoms with E-state index in [4.69, 9.17) is 14.2 Å².